The number of nitrogens with zero attached hydrogens (tertiary/aromatic N) is 2. The number of nitriles is 1. The van der Waals surface area contributed by atoms with Crippen LogP contribution in [0.15, 0.2) is 72.8 Å². The third-order valence-corrected chi connectivity index (χ3v) is 6.21. The molecule has 0 aromatic heterocycles. The van der Waals surface area contributed by atoms with E-state index in [1.54, 1.807) is 30.3 Å². The number of likely N-dealkylation sites (tertiary alicyclic amines) is 1. The lowest BCUT2D eigenvalue weighted by Crippen LogP contribution is -2.38. The number of ether oxygens (including phenoxy) is 1. The first kappa shape index (κ1) is 24.0. The molecule has 178 valence electrons. The average molecular weight is 469 g/mol. The Kier molecular flexibility index (Phi) is 7.76. The van der Waals surface area contributed by atoms with Crippen molar-refractivity contribution in [2.24, 2.45) is 11.7 Å². The van der Waals surface area contributed by atoms with Crippen LogP contribution in [0.2, 0.25) is 0 Å². The van der Waals surface area contributed by atoms with E-state index in [9.17, 15) is 14.9 Å². The first-order valence-electron chi connectivity index (χ1n) is 11.6. The van der Waals surface area contributed by atoms with Gasteiger partial charge < -0.3 is 15.8 Å². The van der Waals surface area contributed by atoms with Gasteiger partial charge in [-0.05, 0) is 67.9 Å². The highest BCUT2D eigenvalue weighted by Crippen LogP contribution is 2.21. The zero-order valence-electron chi connectivity index (χ0n) is 19.4. The number of rotatable bonds is 8. The Labute approximate surface area is 205 Å². The first-order valence-corrected chi connectivity index (χ1v) is 11.6. The molecule has 0 saturated carbocycles. The third-order valence-electron chi connectivity index (χ3n) is 6.21. The number of piperidine rings is 1. The number of anilines is 1. The summed E-state index contributed by atoms with van der Waals surface area (Å²) >= 11 is 0. The molecule has 0 bridgehead atoms. The van der Waals surface area contributed by atoms with Gasteiger partial charge in [0.25, 0.3) is 5.91 Å². The molecule has 7 heteroatoms. The molecular formula is C28H28N4O3. The smallest absolute Gasteiger partial charge is 0.255 e. The molecule has 0 atom stereocenters. The quantitative estimate of drug-likeness (QED) is 0.518. The molecule has 1 heterocycles. The Bertz CT molecular complexity index is 1240. The minimum absolute atomic E-state index is 0.0299. The van der Waals surface area contributed by atoms with Crippen molar-refractivity contribution in [3.05, 3.63) is 95.1 Å². The summed E-state index contributed by atoms with van der Waals surface area (Å²) in [4.78, 5) is 26.6. The number of primary amides is 1. The number of benzene rings is 3. The van der Waals surface area contributed by atoms with E-state index in [0.29, 0.717) is 22.6 Å². The molecule has 3 N–H and O–H groups in total. The molecule has 0 unspecified atom stereocenters. The van der Waals surface area contributed by atoms with Crippen LogP contribution in [0.5, 0.6) is 5.75 Å². The van der Waals surface area contributed by atoms with E-state index in [4.69, 9.17) is 10.5 Å². The molecule has 2 amide bonds. The van der Waals surface area contributed by atoms with Gasteiger partial charge in [0.2, 0.25) is 5.91 Å². The normalized spacial score (nSPS) is 14.1. The van der Waals surface area contributed by atoms with Crippen LogP contribution in [-0.4, -0.2) is 29.8 Å². The summed E-state index contributed by atoms with van der Waals surface area (Å²) in [5, 5.41) is 12.2. The van der Waals surface area contributed by atoms with Crippen molar-refractivity contribution in [1.29, 1.82) is 5.26 Å². The number of carbonyl (C=O) groups is 2. The molecular weight excluding hydrogens is 440 g/mol. The summed E-state index contributed by atoms with van der Waals surface area (Å²) in [5.41, 5.74) is 9.08. The lowest BCUT2D eigenvalue weighted by Gasteiger charge is -2.30. The molecule has 1 aliphatic rings. The Morgan fingerprint density at radius 3 is 2.57 bits per heavy atom. The van der Waals surface area contributed by atoms with Crippen molar-refractivity contribution in [2.75, 3.05) is 18.4 Å². The maximum absolute atomic E-state index is 12.9. The molecule has 4 rings (SSSR count). The number of carbonyl (C=O) groups excluding carboxylic acids is 2. The van der Waals surface area contributed by atoms with E-state index in [0.717, 1.165) is 43.6 Å². The highest BCUT2D eigenvalue weighted by Gasteiger charge is 2.23. The van der Waals surface area contributed by atoms with E-state index in [2.05, 4.69) is 16.3 Å². The summed E-state index contributed by atoms with van der Waals surface area (Å²) < 4.78 is 5.84. The molecule has 1 aliphatic heterocycles. The van der Waals surface area contributed by atoms with Crippen LogP contribution in [0, 0.1) is 17.2 Å². The molecule has 7 nitrogen and oxygen atoms in total. The molecule has 0 spiro atoms. The molecule has 3 aromatic carbocycles. The highest BCUT2D eigenvalue weighted by atomic mass is 16.5. The van der Waals surface area contributed by atoms with Crippen LogP contribution >= 0.6 is 0 Å². The predicted octanol–water partition coefficient (Wildman–Crippen LogP) is 4.09. The maximum atomic E-state index is 12.9. The van der Waals surface area contributed by atoms with E-state index in [1.807, 2.05) is 42.5 Å². The molecule has 0 radical (unpaired) electrons. The number of hydrogen-bond donors (Lipinski definition) is 2. The van der Waals surface area contributed by atoms with Crippen LogP contribution in [0.4, 0.5) is 5.69 Å². The first-order chi connectivity index (χ1) is 17.0. The van der Waals surface area contributed by atoms with Crippen molar-refractivity contribution >= 4 is 17.5 Å². The van der Waals surface area contributed by atoms with Crippen LogP contribution in [0.25, 0.3) is 0 Å². The fourth-order valence-electron chi connectivity index (χ4n) is 4.23. The monoisotopic (exact) mass is 468 g/mol. The zero-order valence-corrected chi connectivity index (χ0v) is 19.4. The Morgan fingerprint density at radius 2 is 1.80 bits per heavy atom. The minimum Gasteiger partial charge on any atom is -0.489 e. The third kappa shape index (κ3) is 6.46. The standard InChI is InChI=1S/C28H28N4O3/c29-17-23-6-1-2-7-24(23)19-35-26-10-4-8-22(16-26)28(34)31-25-9-3-5-20(15-25)18-32-13-11-21(12-14-32)27(30)33/h1-10,15-16,21H,11-14,18-19H2,(H2,30,33)(H,31,34). The Hall–Kier alpha value is -4.15. The van der Waals surface area contributed by atoms with Gasteiger partial charge in [-0.2, -0.15) is 5.26 Å². The van der Waals surface area contributed by atoms with Gasteiger partial charge in [0.05, 0.1) is 11.6 Å². The van der Waals surface area contributed by atoms with Gasteiger partial charge in [-0.25, -0.2) is 0 Å². The van der Waals surface area contributed by atoms with Crippen LogP contribution in [0.1, 0.15) is 39.9 Å². The maximum Gasteiger partial charge on any atom is 0.255 e. The molecule has 35 heavy (non-hydrogen) atoms. The van der Waals surface area contributed by atoms with Gasteiger partial charge >= 0.3 is 0 Å². The summed E-state index contributed by atoms with van der Waals surface area (Å²) in [6.45, 7) is 2.65. The summed E-state index contributed by atoms with van der Waals surface area (Å²) in [7, 11) is 0. The van der Waals surface area contributed by atoms with Gasteiger partial charge in [-0.1, -0.05) is 36.4 Å². The molecule has 1 saturated heterocycles. The summed E-state index contributed by atoms with van der Waals surface area (Å²) in [5.74, 6) is 0.0827. The Morgan fingerprint density at radius 1 is 1.03 bits per heavy atom. The largest absolute Gasteiger partial charge is 0.489 e. The number of nitrogens with two attached hydrogens (primary N) is 1. The average Bonchev–Trinajstić information content (AvgIpc) is 2.88. The second-order valence-corrected chi connectivity index (χ2v) is 8.69. The van der Waals surface area contributed by atoms with Gasteiger partial charge in [0.1, 0.15) is 12.4 Å². The SMILES string of the molecule is N#Cc1ccccc1COc1cccc(C(=O)Nc2cccc(CN3CCC(C(N)=O)CC3)c2)c1. The fraction of sp³-hybridized carbons (Fsp3) is 0.250. The summed E-state index contributed by atoms with van der Waals surface area (Å²) in [6.07, 6.45) is 1.57. The van der Waals surface area contributed by atoms with Crippen LogP contribution in [-0.2, 0) is 17.9 Å². The second-order valence-electron chi connectivity index (χ2n) is 8.69. The highest BCUT2D eigenvalue weighted by molar-refractivity contribution is 6.04. The van der Waals surface area contributed by atoms with Crippen molar-refractivity contribution in [2.45, 2.75) is 26.0 Å². The van der Waals surface area contributed by atoms with E-state index >= 15 is 0 Å². The number of amides is 2. The van der Waals surface area contributed by atoms with Crippen LogP contribution in [0.3, 0.4) is 0 Å². The van der Waals surface area contributed by atoms with Gasteiger partial charge in [-0.15, -0.1) is 0 Å². The lowest BCUT2D eigenvalue weighted by molar-refractivity contribution is -0.123. The molecule has 1 fully saturated rings. The van der Waals surface area contributed by atoms with Crippen molar-refractivity contribution in [1.82, 2.24) is 4.90 Å². The van der Waals surface area contributed by atoms with Gasteiger partial charge in [0, 0.05) is 29.3 Å². The molecule has 0 aliphatic carbocycles. The van der Waals surface area contributed by atoms with E-state index in [1.165, 1.54) is 0 Å². The van der Waals surface area contributed by atoms with Gasteiger partial charge in [0.15, 0.2) is 0 Å². The van der Waals surface area contributed by atoms with Gasteiger partial charge in [-0.3, -0.25) is 14.5 Å². The molecule has 3 aromatic rings. The number of nitrogens with one attached hydrogen (secondary N) is 1. The van der Waals surface area contributed by atoms with Crippen LogP contribution < -0.4 is 15.8 Å². The Balaban J connectivity index is 1.35. The topological polar surface area (TPSA) is 108 Å². The minimum atomic E-state index is -0.229. The predicted molar refractivity (Wildman–Crippen MR) is 134 cm³/mol. The second kappa shape index (κ2) is 11.3. The van der Waals surface area contributed by atoms with Crippen molar-refractivity contribution in [3.8, 4) is 11.8 Å². The number of hydrogen-bond acceptors (Lipinski definition) is 5. The lowest BCUT2D eigenvalue weighted by atomic mass is 9.96. The fourth-order valence-corrected chi connectivity index (χ4v) is 4.23. The van der Waals surface area contributed by atoms with E-state index in [-0.39, 0.29) is 24.3 Å². The van der Waals surface area contributed by atoms with Crippen molar-refractivity contribution < 1.29 is 14.3 Å². The van der Waals surface area contributed by atoms with E-state index < -0.39 is 0 Å². The summed E-state index contributed by atoms with van der Waals surface area (Å²) in [6, 6.07) is 24.2. The zero-order chi connectivity index (χ0) is 24.6. The van der Waals surface area contributed by atoms with Crippen molar-refractivity contribution in [3.63, 3.8) is 0 Å².